The molecule has 1 amide bonds. The van der Waals surface area contributed by atoms with Crippen LogP contribution in [0.15, 0.2) is 23.6 Å². The lowest BCUT2D eigenvalue weighted by molar-refractivity contribution is -0.116. The second-order valence-corrected chi connectivity index (χ2v) is 3.72. The number of rotatable bonds is 3. The van der Waals surface area contributed by atoms with Crippen LogP contribution >= 0.6 is 11.3 Å². The average Bonchev–Trinajstić information content (AvgIpc) is 2.67. The van der Waals surface area contributed by atoms with Gasteiger partial charge in [0.25, 0.3) is 0 Å². The van der Waals surface area contributed by atoms with E-state index in [0.29, 0.717) is 0 Å². The zero-order chi connectivity index (χ0) is 10.4. The highest BCUT2D eigenvalue weighted by Crippen LogP contribution is 2.09. The molecule has 0 radical (unpaired) electrons. The number of nitrogens with one attached hydrogen (secondary N) is 1. The van der Waals surface area contributed by atoms with Crippen LogP contribution in [0.5, 0.6) is 0 Å². The van der Waals surface area contributed by atoms with Crippen molar-refractivity contribution in [2.24, 2.45) is 0 Å². The van der Waals surface area contributed by atoms with Crippen molar-refractivity contribution in [1.82, 2.24) is 5.32 Å². The number of hydrogen-bond acceptors (Lipinski definition) is 2. The first kappa shape index (κ1) is 10.6. The molecule has 1 atom stereocenters. The van der Waals surface area contributed by atoms with Crippen LogP contribution in [-0.4, -0.2) is 11.9 Å². The SMILES string of the molecule is C#CC(C)NC(=O)/C=C/c1cccs1. The van der Waals surface area contributed by atoms with Crippen LogP contribution in [0.3, 0.4) is 0 Å². The van der Waals surface area contributed by atoms with Crippen molar-refractivity contribution in [1.29, 1.82) is 0 Å². The third-order valence-corrected chi connectivity index (χ3v) is 2.39. The summed E-state index contributed by atoms with van der Waals surface area (Å²) in [5.41, 5.74) is 0. The minimum Gasteiger partial charge on any atom is -0.339 e. The Hall–Kier alpha value is -1.53. The number of carbonyl (C=O) groups excluding carboxylic acids is 1. The maximum atomic E-state index is 11.2. The van der Waals surface area contributed by atoms with E-state index >= 15 is 0 Å². The summed E-state index contributed by atoms with van der Waals surface area (Å²) < 4.78 is 0. The summed E-state index contributed by atoms with van der Waals surface area (Å²) in [4.78, 5) is 12.3. The van der Waals surface area contributed by atoms with Crippen molar-refractivity contribution in [3.8, 4) is 12.3 Å². The Labute approximate surface area is 87.6 Å². The van der Waals surface area contributed by atoms with Gasteiger partial charge in [-0.25, -0.2) is 0 Å². The molecule has 14 heavy (non-hydrogen) atoms. The number of terminal acetylenes is 1. The molecule has 72 valence electrons. The largest absolute Gasteiger partial charge is 0.339 e. The van der Waals surface area contributed by atoms with E-state index in [1.807, 2.05) is 17.5 Å². The lowest BCUT2D eigenvalue weighted by Crippen LogP contribution is -2.29. The lowest BCUT2D eigenvalue weighted by Gasteiger charge is -2.03. The number of thiophene rings is 1. The molecule has 0 aromatic carbocycles. The summed E-state index contributed by atoms with van der Waals surface area (Å²) in [6.45, 7) is 1.76. The van der Waals surface area contributed by atoms with Gasteiger partial charge in [0, 0.05) is 11.0 Å². The molecule has 0 saturated carbocycles. The number of carbonyl (C=O) groups is 1. The van der Waals surface area contributed by atoms with Gasteiger partial charge < -0.3 is 5.32 Å². The fraction of sp³-hybridized carbons (Fsp3) is 0.182. The molecule has 0 fully saturated rings. The summed E-state index contributed by atoms with van der Waals surface area (Å²) in [6.07, 6.45) is 8.38. The van der Waals surface area contributed by atoms with E-state index in [0.717, 1.165) is 4.88 Å². The van der Waals surface area contributed by atoms with Crippen molar-refractivity contribution in [3.63, 3.8) is 0 Å². The van der Waals surface area contributed by atoms with Gasteiger partial charge in [-0.3, -0.25) is 4.79 Å². The third kappa shape index (κ3) is 3.46. The second kappa shape index (κ2) is 5.25. The quantitative estimate of drug-likeness (QED) is 0.592. The van der Waals surface area contributed by atoms with Gasteiger partial charge in [-0.05, 0) is 24.4 Å². The van der Waals surface area contributed by atoms with Gasteiger partial charge in [0.1, 0.15) is 0 Å². The topological polar surface area (TPSA) is 29.1 Å². The summed E-state index contributed by atoms with van der Waals surface area (Å²) in [7, 11) is 0. The Kier molecular flexibility index (Phi) is 3.96. The van der Waals surface area contributed by atoms with Gasteiger partial charge >= 0.3 is 0 Å². The molecule has 0 aliphatic heterocycles. The standard InChI is InChI=1S/C11H11NOS/c1-3-9(2)12-11(13)7-6-10-5-4-8-14-10/h1,4-9H,2H3,(H,12,13)/b7-6+. The summed E-state index contributed by atoms with van der Waals surface area (Å²) in [6, 6.07) is 3.65. The normalized spacial score (nSPS) is 12.3. The second-order valence-electron chi connectivity index (χ2n) is 2.75. The molecular weight excluding hydrogens is 194 g/mol. The van der Waals surface area contributed by atoms with Gasteiger partial charge in [-0.15, -0.1) is 17.8 Å². The first-order chi connectivity index (χ1) is 6.72. The molecule has 0 spiro atoms. The Balaban J connectivity index is 2.46. The molecular formula is C11H11NOS. The van der Waals surface area contributed by atoms with Gasteiger partial charge in [0.15, 0.2) is 0 Å². The smallest absolute Gasteiger partial charge is 0.244 e. The van der Waals surface area contributed by atoms with Crippen LogP contribution in [0, 0.1) is 12.3 Å². The minimum absolute atomic E-state index is 0.163. The van der Waals surface area contributed by atoms with Crippen LogP contribution in [0.2, 0.25) is 0 Å². The van der Waals surface area contributed by atoms with E-state index in [1.54, 1.807) is 24.3 Å². The predicted molar refractivity (Wildman–Crippen MR) is 59.8 cm³/mol. The molecule has 3 heteroatoms. The Morgan fingerprint density at radius 3 is 3.14 bits per heavy atom. The van der Waals surface area contributed by atoms with Crippen molar-refractivity contribution in [2.45, 2.75) is 13.0 Å². The Morgan fingerprint density at radius 2 is 2.57 bits per heavy atom. The van der Waals surface area contributed by atoms with E-state index in [4.69, 9.17) is 6.42 Å². The minimum atomic E-state index is -0.226. The van der Waals surface area contributed by atoms with E-state index in [1.165, 1.54) is 6.08 Å². The molecule has 2 nitrogen and oxygen atoms in total. The monoisotopic (exact) mass is 205 g/mol. The molecule has 1 aromatic heterocycles. The van der Waals surface area contributed by atoms with Crippen LogP contribution in [0.1, 0.15) is 11.8 Å². The Bertz CT molecular complexity index is 359. The van der Waals surface area contributed by atoms with Gasteiger partial charge in [0.05, 0.1) is 6.04 Å². The molecule has 1 aromatic rings. The van der Waals surface area contributed by atoms with Crippen molar-refractivity contribution in [2.75, 3.05) is 0 Å². The van der Waals surface area contributed by atoms with Crippen molar-refractivity contribution in [3.05, 3.63) is 28.5 Å². The first-order valence-electron chi connectivity index (χ1n) is 4.20. The van der Waals surface area contributed by atoms with Crippen molar-refractivity contribution >= 4 is 23.3 Å². The molecule has 0 bridgehead atoms. The van der Waals surface area contributed by atoms with Crippen LogP contribution in [0.25, 0.3) is 6.08 Å². The van der Waals surface area contributed by atoms with Crippen LogP contribution in [0.4, 0.5) is 0 Å². The molecule has 1 heterocycles. The zero-order valence-electron chi connectivity index (χ0n) is 7.86. The van der Waals surface area contributed by atoms with E-state index in [-0.39, 0.29) is 11.9 Å². The van der Waals surface area contributed by atoms with Gasteiger partial charge in [-0.1, -0.05) is 12.0 Å². The maximum Gasteiger partial charge on any atom is 0.244 e. The van der Waals surface area contributed by atoms with Crippen molar-refractivity contribution < 1.29 is 4.79 Å². The fourth-order valence-electron chi connectivity index (χ4n) is 0.847. The zero-order valence-corrected chi connectivity index (χ0v) is 8.67. The van der Waals surface area contributed by atoms with E-state index < -0.39 is 0 Å². The first-order valence-corrected chi connectivity index (χ1v) is 5.08. The number of hydrogen-bond donors (Lipinski definition) is 1. The molecule has 0 aliphatic rings. The lowest BCUT2D eigenvalue weighted by atomic mass is 10.3. The molecule has 1 unspecified atom stereocenters. The van der Waals surface area contributed by atoms with E-state index in [9.17, 15) is 4.79 Å². The molecule has 0 saturated heterocycles. The highest BCUT2D eigenvalue weighted by Gasteiger charge is 1.99. The van der Waals surface area contributed by atoms with Gasteiger partial charge in [-0.2, -0.15) is 0 Å². The highest BCUT2D eigenvalue weighted by atomic mass is 32.1. The predicted octanol–water partition coefficient (Wildman–Crippen LogP) is 1.90. The molecule has 0 aliphatic carbocycles. The summed E-state index contributed by atoms with van der Waals surface area (Å²) in [5, 5.41) is 4.59. The van der Waals surface area contributed by atoms with E-state index in [2.05, 4.69) is 11.2 Å². The molecule has 1 N–H and O–H groups in total. The number of amides is 1. The fourth-order valence-corrected chi connectivity index (χ4v) is 1.47. The van der Waals surface area contributed by atoms with Gasteiger partial charge in [0.2, 0.25) is 5.91 Å². The average molecular weight is 205 g/mol. The summed E-state index contributed by atoms with van der Waals surface area (Å²) >= 11 is 1.58. The molecule has 1 rings (SSSR count). The summed E-state index contributed by atoms with van der Waals surface area (Å²) in [5.74, 6) is 2.26. The maximum absolute atomic E-state index is 11.2. The third-order valence-electron chi connectivity index (χ3n) is 1.55. The Morgan fingerprint density at radius 1 is 1.79 bits per heavy atom. The van der Waals surface area contributed by atoms with Crippen LogP contribution < -0.4 is 5.32 Å². The van der Waals surface area contributed by atoms with Crippen LogP contribution in [-0.2, 0) is 4.79 Å². The highest BCUT2D eigenvalue weighted by molar-refractivity contribution is 7.10.